The molecule has 18 heteroatoms. The maximum Gasteiger partial charge on any atom is 0.334 e. The fraction of sp³-hybridized carbons (Fsp3) is 0.310. The van der Waals surface area contributed by atoms with Gasteiger partial charge in [-0.05, 0) is 43.7 Å². The van der Waals surface area contributed by atoms with Gasteiger partial charge in [0.25, 0.3) is 5.87 Å². The molecule has 3 heterocycles. The van der Waals surface area contributed by atoms with Gasteiger partial charge in [-0.15, -0.1) is 0 Å². The second-order valence-corrected chi connectivity index (χ2v) is 12.8. The third kappa shape index (κ3) is 7.39. The van der Waals surface area contributed by atoms with E-state index in [4.69, 9.17) is 4.74 Å². The van der Waals surface area contributed by atoms with Gasteiger partial charge in [-0.1, -0.05) is 11.8 Å². The number of likely N-dealkylation sites (N-methyl/N-ethyl adjacent to an activating group) is 2. The lowest BCUT2D eigenvalue weighted by Gasteiger charge is -2.34. The highest BCUT2D eigenvalue weighted by molar-refractivity contribution is 6.59. The molecule has 0 fully saturated rings. The number of carbonyl (C=O) groups is 1. The molecule has 0 atom stereocenters. The molecule has 0 spiro atoms. The smallest absolute Gasteiger partial charge is 0.334 e. The second-order valence-electron chi connectivity index (χ2n) is 12.8. The average Bonchev–Trinajstić information content (AvgIpc) is 3.27. The van der Waals surface area contributed by atoms with Gasteiger partial charge >= 0.3 is 5.69 Å². The highest BCUT2D eigenvalue weighted by atomic mass is 19.1. The first-order valence-electron chi connectivity index (χ1n) is 15.3. The number of ether oxygens (including phenoxy) is 1. The summed E-state index contributed by atoms with van der Waals surface area (Å²) in [6, 6.07) is 7.43. The quantitative estimate of drug-likeness (QED) is 0.0781. The number of aromatic nitrogens is 4. The van der Waals surface area contributed by atoms with Crippen molar-refractivity contribution in [3.63, 3.8) is 0 Å². The van der Waals surface area contributed by atoms with Gasteiger partial charge < -0.3 is 35.4 Å². The highest BCUT2D eigenvalue weighted by Crippen LogP contribution is 2.39. The minimum atomic E-state index is -2.56. The van der Waals surface area contributed by atoms with Crippen LogP contribution in [0.3, 0.4) is 0 Å². The van der Waals surface area contributed by atoms with Crippen molar-refractivity contribution in [1.29, 1.82) is 0 Å². The van der Waals surface area contributed by atoms with Crippen LogP contribution in [0.2, 0.25) is 0 Å². The number of hydrogen-bond acceptors (Lipinski definition) is 10. The summed E-state index contributed by atoms with van der Waals surface area (Å²) in [5.41, 5.74) is 2.57. The number of aryl methyl sites for hydroxylation is 2. The minimum absolute atomic E-state index is 0.0144. The lowest BCUT2D eigenvalue weighted by molar-refractivity contribution is -0.223. The van der Waals surface area contributed by atoms with Gasteiger partial charge in [0.1, 0.15) is 35.2 Å². The SMILES string of the molecule is BC(O)(O)Oc1cc(N(C)CCN(C)C(B)(B)B)c(NC(=O)C=C)cc1Nc1nccc(-n2c(=O)n3c4c(cc(F)cc42)CCC3)n1. The third-order valence-corrected chi connectivity index (χ3v) is 8.18. The van der Waals surface area contributed by atoms with Gasteiger partial charge in [-0.25, -0.2) is 18.7 Å². The first-order chi connectivity index (χ1) is 22.1. The Morgan fingerprint density at radius 3 is 2.60 bits per heavy atom. The first-order valence-corrected chi connectivity index (χ1v) is 15.3. The van der Waals surface area contributed by atoms with Gasteiger partial charge in [-0.2, -0.15) is 4.98 Å². The largest absolute Gasteiger partial charge is 0.446 e. The minimum Gasteiger partial charge on any atom is -0.446 e. The number of nitrogens with zero attached hydrogens (tertiary/aromatic N) is 6. The molecular weight excluding hydrogens is 603 g/mol. The number of anilines is 4. The summed E-state index contributed by atoms with van der Waals surface area (Å²) < 4.78 is 23.1. The number of nitrogens with one attached hydrogen (secondary N) is 2. The van der Waals surface area contributed by atoms with Gasteiger partial charge in [0.2, 0.25) is 19.7 Å². The van der Waals surface area contributed by atoms with Crippen LogP contribution in [0.5, 0.6) is 5.75 Å². The van der Waals surface area contributed by atoms with E-state index in [1.54, 1.807) is 16.7 Å². The van der Waals surface area contributed by atoms with Crippen LogP contribution in [0.25, 0.3) is 16.9 Å². The average molecular weight is 640 g/mol. The topological polar surface area (TPSA) is 150 Å². The predicted molar refractivity (Wildman–Crippen MR) is 191 cm³/mol. The molecule has 1 amide bonds. The summed E-state index contributed by atoms with van der Waals surface area (Å²) in [7, 11) is 11.2. The molecule has 0 saturated heterocycles. The maximum atomic E-state index is 14.6. The van der Waals surface area contributed by atoms with Crippen LogP contribution < -0.4 is 26.0 Å². The van der Waals surface area contributed by atoms with Crippen molar-refractivity contribution >= 4 is 71.3 Å². The molecule has 5 rings (SSSR count). The zero-order chi connectivity index (χ0) is 34.3. The number of amides is 1. The van der Waals surface area contributed by atoms with E-state index in [1.165, 1.54) is 29.0 Å². The van der Waals surface area contributed by atoms with Gasteiger partial charge in [-0.3, -0.25) is 9.36 Å². The van der Waals surface area contributed by atoms with Gasteiger partial charge in [0.05, 0.1) is 28.1 Å². The fourth-order valence-corrected chi connectivity index (χ4v) is 5.46. The Bertz CT molecular complexity index is 1910. The lowest BCUT2D eigenvalue weighted by Crippen LogP contribution is -2.50. The van der Waals surface area contributed by atoms with E-state index in [0.717, 1.165) is 19.5 Å². The summed E-state index contributed by atoms with van der Waals surface area (Å²) in [6.45, 7) is 5.30. The van der Waals surface area contributed by atoms with Crippen LogP contribution in [-0.4, -0.2) is 110 Å². The molecule has 0 unspecified atom stereocenters. The molecule has 2 aromatic heterocycles. The summed E-state index contributed by atoms with van der Waals surface area (Å²) in [6.07, 6.45) is 3.96. The van der Waals surface area contributed by atoms with Crippen molar-refractivity contribution in [1.82, 2.24) is 24.0 Å². The summed E-state index contributed by atoms with van der Waals surface area (Å²) >= 11 is 0. The van der Waals surface area contributed by atoms with E-state index in [2.05, 4.69) is 55.6 Å². The van der Waals surface area contributed by atoms with Crippen molar-refractivity contribution in [2.45, 2.75) is 30.5 Å². The van der Waals surface area contributed by atoms with Crippen molar-refractivity contribution < 1.29 is 24.1 Å². The second kappa shape index (κ2) is 12.9. The molecule has 1 aliphatic heterocycles. The zero-order valence-electron chi connectivity index (χ0n) is 27.5. The van der Waals surface area contributed by atoms with Crippen molar-refractivity contribution in [2.75, 3.05) is 42.7 Å². The van der Waals surface area contributed by atoms with E-state index in [0.29, 0.717) is 54.9 Å². The van der Waals surface area contributed by atoms with E-state index >= 15 is 0 Å². The lowest BCUT2D eigenvalue weighted by atomic mass is 9.48. The Morgan fingerprint density at radius 1 is 1.17 bits per heavy atom. The molecule has 242 valence electrons. The van der Waals surface area contributed by atoms with Crippen LogP contribution in [-0.2, 0) is 17.8 Å². The summed E-state index contributed by atoms with van der Waals surface area (Å²) in [4.78, 5) is 38.9. The van der Waals surface area contributed by atoms with E-state index in [1.807, 2.05) is 19.0 Å². The molecule has 1 aliphatic rings. The number of aliphatic hydroxyl groups is 2. The molecule has 13 nitrogen and oxygen atoms in total. The molecule has 47 heavy (non-hydrogen) atoms. The number of carbonyl (C=O) groups excluding carboxylic acids is 1. The van der Waals surface area contributed by atoms with E-state index in [-0.39, 0.29) is 34.1 Å². The number of benzene rings is 2. The van der Waals surface area contributed by atoms with E-state index in [9.17, 15) is 24.2 Å². The number of rotatable bonds is 12. The Labute approximate surface area is 275 Å². The van der Waals surface area contributed by atoms with Crippen LogP contribution in [0.1, 0.15) is 12.0 Å². The monoisotopic (exact) mass is 640 g/mol. The maximum absolute atomic E-state index is 14.6. The highest BCUT2D eigenvalue weighted by Gasteiger charge is 2.25. The molecule has 4 aromatic rings. The molecule has 4 N–H and O–H groups in total. The fourth-order valence-electron chi connectivity index (χ4n) is 5.46. The zero-order valence-corrected chi connectivity index (χ0v) is 27.5. The standard InChI is InChI=1S/C29H37B4FN8O5/c1-4-24(43)36-18-14-19(22(47-29(33,45)46)15-20(18)39(2)10-11-40(3)28(30,31)32)37-26-35-8-7-23(38-26)42-21-13-17(34)12-16-6-5-9-41(25(16)21)27(42)44/h4,7-8,12-15,45-46H,1,5-6,9-11,30-33H2,2-3H3,(H,36,43)(H,35,37,38). The van der Waals surface area contributed by atoms with Crippen LogP contribution in [0.4, 0.5) is 27.4 Å². The van der Waals surface area contributed by atoms with Crippen molar-refractivity contribution in [3.8, 4) is 11.6 Å². The number of imidazole rings is 1. The van der Waals surface area contributed by atoms with Gasteiger partial charge in [0.15, 0.2) is 5.75 Å². The van der Waals surface area contributed by atoms with Crippen LogP contribution in [0.15, 0.2) is 54.0 Å². The molecule has 0 radical (unpaired) electrons. The molecule has 0 saturated carbocycles. The summed E-state index contributed by atoms with van der Waals surface area (Å²) in [5.74, 6) is -3.23. The first kappa shape index (κ1) is 33.8. The number of halogens is 1. The summed E-state index contributed by atoms with van der Waals surface area (Å²) in [5, 5.41) is 26.2. The van der Waals surface area contributed by atoms with Crippen LogP contribution >= 0.6 is 0 Å². The Morgan fingerprint density at radius 2 is 1.91 bits per heavy atom. The normalized spacial score (nSPS) is 13.1. The predicted octanol–water partition coefficient (Wildman–Crippen LogP) is -1.98. The molecule has 0 bridgehead atoms. The third-order valence-electron chi connectivity index (χ3n) is 8.18. The number of hydrogen-bond donors (Lipinski definition) is 4. The molecular formula is C29H37B4FN8O5. The molecule has 2 aromatic carbocycles. The van der Waals surface area contributed by atoms with Gasteiger partial charge in [0, 0.05) is 51.1 Å². The van der Waals surface area contributed by atoms with Crippen molar-refractivity contribution in [3.05, 3.63) is 71.0 Å². The Hall–Kier alpha value is -4.53. The Balaban J connectivity index is 1.57. The Kier molecular flexibility index (Phi) is 9.31. The van der Waals surface area contributed by atoms with E-state index < -0.39 is 17.6 Å². The molecule has 0 aliphatic carbocycles. The van der Waals surface area contributed by atoms with Crippen LogP contribution in [0, 0.1) is 5.82 Å². The van der Waals surface area contributed by atoms with Crippen molar-refractivity contribution in [2.24, 2.45) is 0 Å².